The second-order valence-electron chi connectivity index (χ2n) is 3.32. The zero-order valence-corrected chi connectivity index (χ0v) is 10.3. The molecule has 0 atom stereocenters. The molecule has 0 fully saturated rings. The van der Waals surface area contributed by atoms with Gasteiger partial charge in [-0.3, -0.25) is 5.10 Å². The van der Waals surface area contributed by atoms with Crippen molar-refractivity contribution in [2.45, 2.75) is 6.92 Å². The summed E-state index contributed by atoms with van der Waals surface area (Å²) in [6.07, 6.45) is 3.31. The van der Waals surface area contributed by atoms with Crippen molar-refractivity contribution in [1.29, 1.82) is 0 Å². The van der Waals surface area contributed by atoms with Crippen LogP contribution < -0.4 is 0 Å². The fourth-order valence-electron chi connectivity index (χ4n) is 1.42. The number of rotatable bonds is 3. The number of carbonyl (C=O) groups is 1. The van der Waals surface area contributed by atoms with Gasteiger partial charge in [0.05, 0.1) is 24.6 Å². The number of nitrogens with zero attached hydrogens (tertiary/aromatic N) is 2. The molecule has 0 saturated heterocycles. The Hall–Kier alpha value is -1.95. The summed E-state index contributed by atoms with van der Waals surface area (Å²) in [5, 5.41) is 7.19. The van der Waals surface area contributed by atoms with Gasteiger partial charge in [-0.25, -0.2) is 9.78 Å². The summed E-state index contributed by atoms with van der Waals surface area (Å²) >= 11 is 1.46. The number of ether oxygens (including phenoxy) is 1. The molecule has 0 saturated carbocycles. The van der Waals surface area contributed by atoms with Gasteiger partial charge < -0.3 is 4.74 Å². The van der Waals surface area contributed by atoms with E-state index in [1.165, 1.54) is 18.4 Å². The molecule has 1 N–H and O–H groups in total. The molecule has 2 rings (SSSR count). The number of aromatic nitrogens is 3. The average molecular weight is 249 g/mol. The van der Waals surface area contributed by atoms with Crippen molar-refractivity contribution < 1.29 is 9.53 Å². The summed E-state index contributed by atoms with van der Waals surface area (Å²) in [4.78, 5) is 16.9. The Balaban J connectivity index is 2.49. The summed E-state index contributed by atoms with van der Waals surface area (Å²) < 4.78 is 4.67. The maximum Gasteiger partial charge on any atom is 0.356 e. The molecule has 0 amide bonds. The fraction of sp³-hybridized carbons (Fsp3) is 0.182. The lowest BCUT2D eigenvalue weighted by Gasteiger charge is -1.97. The predicted molar refractivity (Wildman–Crippen MR) is 65.9 cm³/mol. The number of carbonyl (C=O) groups excluding carboxylic acids is 1. The average Bonchev–Trinajstić information content (AvgIpc) is 2.93. The third-order valence-corrected chi connectivity index (χ3v) is 3.46. The first-order valence-corrected chi connectivity index (χ1v) is 5.71. The van der Waals surface area contributed by atoms with Gasteiger partial charge in [0.2, 0.25) is 0 Å². The summed E-state index contributed by atoms with van der Waals surface area (Å²) in [5.74, 6) is -0.453. The molecule has 0 unspecified atom stereocenters. The number of aryl methyl sites for hydroxylation is 1. The van der Waals surface area contributed by atoms with E-state index in [1.54, 1.807) is 12.3 Å². The zero-order chi connectivity index (χ0) is 12.4. The van der Waals surface area contributed by atoms with Gasteiger partial charge in [-0.05, 0) is 6.92 Å². The highest BCUT2D eigenvalue weighted by Gasteiger charge is 2.18. The quantitative estimate of drug-likeness (QED) is 0.847. The van der Waals surface area contributed by atoms with E-state index < -0.39 is 5.97 Å². The Morgan fingerprint density at radius 2 is 2.41 bits per heavy atom. The molecule has 0 radical (unpaired) electrons. The van der Waals surface area contributed by atoms with E-state index in [9.17, 15) is 4.79 Å². The van der Waals surface area contributed by atoms with E-state index in [2.05, 4.69) is 26.5 Å². The molecule has 17 heavy (non-hydrogen) atoms. The van der Waals surface area contributed by atoms with Crippen LogP contribution in [-0.2, 0) is 4.74 Å². The normalized spacial score (nSPS) is 10.2. The van der Waals surface area contributed by atoms with Crippen molar-refractivity contribution in [3.63, 3.8) is 0 Å². The van der Waals surface area contributed by atoms with Crippen LogP contribution in [0.4, 0.5) is 0 Å². The number of esters is 1. The van der Waals surface area contributed by atoms with Gasteiger partial charge in [-0.15, -0.1) is 11.3 Å². The van der Waals surface area contributed by atoms with Crippen molar-refractivity contribution in [3.8, 4) is 10.6 Å². The van der Waals surface area contributed by atoms with E-state index >= 15 is 0 Å². The second-order valence-corrected chi connectivity index (χ2v) is 4.35. The largest absolute Gasteiger partial charge is 0.464 e. The molecule has 0 bridgehead atoms. The molecule has 0 aliphatic heterocycles. The van der Waals surface area contributed by atoms with Crippen molar-refractivity contribution in [3.05, 3.63) is 29.0 Å². The minimum atomic E-state index is -0.453. The van der Waals surface area contributed by atoms with E-state index in [4.69, 9.17) is 0 Å². The highest BCUT2D eigenvalue weighted by Crippen LogP contribution is 2.30. The zero-order valence-electron chi connectivity index (χ0n) is 9.48. The minimum absolute atomic E-state index is 0.317. The number of hydrogen-bond acceptors (Lipinski definition) is 5. The number of aromatic amines is 1. The molecule has 0 aromatic carbocycles. The Bertz CT molecular complexity index is 571. The Labute approximate surface area is 102 Å². The second kappa shape index (κ2) is 4.50. The SMILES string of the molecule is C=Cc1sc(-c2cn[nH]c2C(=O)OC)nc1C. The van der Waals surface area contributed by atoms with E-state index in [0.717, 1.165) is 15.6 Å². The third-order valence-electron chi connectivity index (χ3n) is 2.28. The number of thiazole rings is 1. The van der Waals surface area contributed by atoms with Gasteiger partial charge in [-0.1, -0.05) is 12.7 Å². The lowest BCUT2D eigenvalue weighted by Crippen LogP contribution is -2.03. The van der Waals surface area contributed by atoms with Crippen LogP contribution in [0, 0.1) is 6.92 Å². The Morgan fingerprint density at radius 3 is 3.00 bits per heavy atom. The van der Waals surface area contributed by atoms with Crippen molar-refractivity contribution >= 4 is 23.4 Å². The highest BCUT2D eigenvalue weighted by molar-refractivity contribution is 7.16. The van der Waals surface area contributed by atoms with Gasteiger partial charge in [0.25, 0.3) is 0 Å². The molecule has 0 spiro atoms. The molecular formula is C11H11N3O2S. The first kappa shape index (κ1) is 11.5. The van der Waals surface area contributed by atoms with E-state index in [-0.39, 0.29) is 0 Å². The molecule has 0 aliphatic rings. The maximum absolute atomic E-state index is 11.5. The van der Waals surface area contributed by atoms with Crippen LogP contribution in [0.1, 0.15) is 21.1 Å². The summed E-state index contributed by atoms with van der Waals surface area (Å²) in [6.45, 7) is 5.61. The van der Waals surface area contributed by atoms with Crippen molar-refractivity contribution in [1.82, 2.24) is 15.2 Å². The lowest BCUT2D eigenvalue weighted by atomic mass is 10.2. The number of nitrogens with one attached hydrogen (secondary N) is 1. The molecular weight excluding hydrogens is 238 g/mol. The standard InChI is InChI=1S/C11H11N3O2S/c1-4-8-6(2)13-10(17-8)7-5-12-14-9(7)11(15)16-3/h4-5H,1H2,2-3H3,(H,12,14). The lowest BCUT2D eigenvalue weighted by molar-refractivity contribution is 0.0595. The van der Waals surface area contributed by atoms with Crippen LogP contribution in [0.3, 0.4) is 0 Å². The monoisotopic (exact) mass is 249 g/mol. The summed E-state index contributed by atoms with van der Waals surface area (Å²) in [5.41, 5.74) is 1.85. The summed E-state index contributed by atoms with van der Waals surface area (Å²) in [6, 6.07) is 0. The third kappa shape index (κ3) is 1.99. The molecule has 2 aromatic heterocycles. The van der Waals surface area contributed by atoms with Crippen molar-refractivity contribution in [2.75, 3.05) is 7.11 Å². The molecule has 88 valence electrons. The van der Waals surface area contributed by atoms with Gasteiger partial charge in [0, 0.05) is 4.88 Å². The van der Waals surface area contributed by atoms with Crippen LogP contribution in [0.5, 0.6) is 0 Å². The molecule has 2 aromatic rings. The van der Waals surface area contributed by atoms with Crippen LogP contribution in [0.25, 0.3) is 16.6 Å². The van der Waals surface area contributed by atoms with Gasteiger partial charge >= 0.3 is 5.97 Å². The number of hydrogen-bond donors (Lipinski definition) is 1. The van der Waals surface area contributed by atoms with Crippen LogP contribution in [0.2, 0.25) is 0 Å². The smallest absolute Gasteiger partial charge is 0.356 e. The van der Waals surface area contributed by atoms with Gasteiger partial charge in [0.15, 0.2) is 5.69 Å². The van der Waals surface area contributed by atoms with Gasteiger partial charge in [-0.2, -0.15) is 5.10 Å². The molecule has 0 aliphatic carbocycles. The first-order valence-electron chi connectivity index (χ1n) is 4.89. The Kier molecular flexibility index (Phi) is 3.06. The van der Waals surface area contributed by atoms with E-state index in [0.29, 0.717) is 11.3 Å². The molecule has 2 heterocycles. The first-order chi connectivity index (χ1) is 8.17. The van der Waals surface area contributed by atoms with Crippen LogP contribution in [-0.4, -0.2) is 28.3 Å². The highest BCUT2D eigenvalue weighted by atomic mass is 32.1. The summed E-state index contributed by atoms with van der Waals surface area (Å²) in [7, 11) is 1.33. The Morgan fingerprint density at radius 1 is 1.65 bits per heavy atom. The predicted octanol–water partition coefficient (Wildman–Crippen LogP) is 2.27. The molecule has 5 nitrogen and oxygen atoms in total. The fourth-order valence-corrected chi connectivity index (χ4v) is 2.35. The number of methoxy groups -OCH3 is 1. The molecule has 6 heteroatoms. The van der Waals surface area contributed by atoms with Crippen molar-refractivity contribution in [2.24, 2.45) is 0 Å². The van der Waals surface area contributed by atoms with E-state index in [1.807, 2.05) is 6.92 Å². The van der Waals surface area contributed by atoms with Crippen LogP contribution >= 0.6 is 11.3 Å². The topological polar surface area (TPSA) is 67.9 Å². The number of H-pyrrole nitrogens is 1. The minimum Gasteiger partial charge on any atom is -0.464 e. The van der Waals surface area contributed by atoms with Crippen LogP contribution in [0.15, 0.2) is 12.8 Å². The van der Waals surface area contributed by atoms with Gasteiger partial charge in [0.1, 0.15) is 5.01 Å². The maximum atomic E-state index is 11.5.